The molecular weight excluding hydrogens is 195 g/mol. The Hall–Kier alpha value is -0.290. The molecule has 84 valence electrons. The summed E-state index contributed by atoms with van der Waals surface area (Å²) in [4.78, 5) is 0. The Morgan fingerprint density at radius 3 is 2.36 bits per heavy atom. The van der Waals surface area contributed by atoms with E-state index in [4.69, 9.17) is 10.5 Å². The van der Waals surface area contributed by atoms with Crippen LogP contribution in [0.2, 0.25) is 0 Å². The van der Waals surface area contributed by atoms with Crippen LogP contribution < -0.4 is 5.73 Å². The molecule has 0 bridgehead atoms. The summed E-state index contributed by atoms with van der Waals surface area (Å²) >= 11 is 0. The molecule has 1 fully saturated rings. The molecule has 0 amide bonds. The molecule has 0 heterocycles. The van der Waals surface area contributed by atoms with Crippen molar-refractivity contribution in [2.45, 2.75) is 45.0 Å². The summed E-state index contributed by atoms with van der Waals surface area (Å²) < 4.78 is 40.5. The Balaban J connectivity index is 2.22. The van der Waals surface area contributed by atoms with E-state index < -0.39 is 12.6 Å². The first kappa shape index (κ1) is 11.8. The minimum atomic E-state index is -4.13. The van der Waals surface area contributed by atoms with Crippen LogP contribution in [-0.4, -0.2) is 24.9 Å². The van der Waals surface area contributed by atoms with Gasteiger partial charge in [-0.25, -0.2) is 0 Å². The third-order valence-corrected chi connectivity index (χ3v) is 2.96. The molecule has 1 aliphatic carbocycles. The minimum Gasteiger partial charge on any atom is -0.377 e. The number of rotatable bonds is 3. The Morgan fingerprint density at radius 1 is 1.43 bits per heavy atom. The van der Waals surface area contributed by atoms with Crippen LogP contribution in [-0.2, 0) is 4.74 Å². The maximum Gasteiger partial charge on any atom is 0.391 e. The van der Waals surface area contributed by atoms with Crippen molar-refractivity contribution in [3.8, 4) is 0 Å². The van der Waals surface area contributed by atoms with Gasteiger partial charge in [-0.1, -0.05) is 13.8 Å². The molecule has 2 N–H and O–H groups in total. The largest absolute Gasteiger partial charge is 0.391 e. The number of hydrogen-bond donors (Lipinski definition) is 1. The van der Waals surface area contributed by atoms with E-state index in [1.807, 2.05) is 13.8 Å². The van der Waals surface area contributed by atoms with Gasteiger partial charge < -0.3 is 10.5 Å². The molecule has 1 saturated carbocycles. The molecule has 1 aliphatic rings. The average molecular weight is 211 g/mol. The van der Waals surface area contributed by atoms with Crippen molar-refractivity contribution in [1.82, 2.24) is 0 Å². The standard InChI is InChI=1S/C9H16F3NO/c1-8(2)6(13)5-7(8)14-4-3-9(10,11)12/h6-7H,3-5,13H2,1-2H3. The monoisotopic (exact) mass is 211 g/mol. The highest BCUT2D eigenvalue weighted by Gasteiger charge is 2.47. The lowest BCUT2D eigenvalue weighted by Gasteiger charge is -2.49. The second-order valence-corrected chi connectivity index (χ2v) is 4.39. The predicted octanol–water partition coefficient (Wildman–Crippen LogP) is 2.08. The molecule has 14 heavy (non-hydrogen) atoms. The SMILES string of the molecule is CC1(C)C(N)CC1OCCC(F)(F)F. The zero-order valence-electron chi connectivity index (χ0n) is 8.40. The second-order valence-electron chi connectivity index (χ2n) is 4.39. The smallest absolute Gasteiger partial charge is 0.377 e. The topological polar surface area (TPSA) is 35.2 Å². The molecule has 0 aromatic heterocycles. The Morgan fingerprint density at radius 2 is 2.00 bits per heavy atom. The van der Waals surface area contributed by atoms with Gasteiger partial charge in [0.05, 0.1) is 19.1 Å². The van der Waals surface area contributed by atoms with Crippen LogP contribution in [0.3, 0.4) is 0 Å². The van der Waals surface area contributed by atoms with E-state index in [1.54, 1.807) is 0 Å². The molecule has 0 radical (unpaired) electrons. The maximum atomic E-state index is 11.8. The molecule has 0 saturated heterocycles. The zero-order valence-corrected chi connectivity index (χ0v) is 8.40. The van der Waals surface area contributed by atoms with Gasteiger partial charge in [-0.05, 0) is 6.42 Å². The Bertz CT molecular complexity index is 203. The first-order valence-electron chi connectivity index (χ1n) is 4.67. The fourth-order valence-electron chi connectivity index (χ4n) is 1.52. The molecule has 1 rings (SSSR count). The Kier molecular flexibility index (Phi) is 3.11. The van der Waals surface area contributed by atoms with Crippen molar-refractivity contribution in [2.75, 3.05) is 6.61 Å². The van der Waals surface area contributed by atoms with Crippen molar-refractivity contribution in [3.63, 3.8) is 0 Å². The first-order chi connectivity index (χ1) is 6.23. The third kappa shape index (κ3) is 2.60. The summed E-state index contributed by atoms with van der Waals surface area (Å²) in [7, 11) is 0. The summed E-state index contributed by atoms with van der Waals surface area (Å²) in [5.41, 5.74) is 5.51. The molecular formula is C9H16F3NO. The highest BCUT2D eigenvalue weighted by Crippen LogP contribution is 2.41. The van der Waals surface area contributed by atoms with Crippen molar-refractivity contribution >= 4 is 0 Å². The van der Waals surface area contributed by atoms with Crippen LogP contribution in [0.1, 0.15) is 26.7 Å². The number of alkyl halides is 3. The van der Waals surface area contributed by atoms with Gasteiger partial charge in [0.25, 0.3) is 0 Å². The first-order valence-corrected chi connectivity index (χ1v) is 4.67. The third-order valence-electron chi connectivity index (χ3n) is 2.96. The van der Waals surface area contributed by atoms with Crippen molar-refractivity contribution in [3.05, 3.63) is 0 Å². The molecule has 2 atom stereocenters. The van der Waals surface area contributed by atoms with Crippen molar-refractivity contribution in [1.29, 1.82) is 0 Å². The summed E-state index contributed by atoms with van der Waals surface area (Å²) in [5, 5.41) is 0. The fraction of sp³-hybridized carbons (Fsp3) is 1.00. The van der Waals surface area contributed by atoms with Gasteiger partial charge in [0.15, 0.2) is 0 Å². The highest BCUT2D eigenvalue weighted by atomic mass is 19.4. The second kappa shape index (κ2) is 3.70. The van der Waals surface area contributed by atoms with E-state index in [9.17, 15) is 13.2 Å². The fourth-order valence-corrected chi connectivity index (χ4v) is 1.52. The van der Waals surface area contributed by atoms with E-state index in [2.05, 4.69) is 0 Å². The molecule has 2 unspecified atom stereocenters. The van der Waals surface area contributed by atoms with Gasteiger partial charge in [0, 0.05) is 11.5 Å². The van der Waals surface area contributed by atoms with Gasteiger partial charge in [-0.15, -0.1) is 0 Å². The maximum absolute atomic E-state index is 11.8. The highest BCUT2D eigenvalue weighted by molar-refractivity contribution is 5.00. The van der Waals surface area contributed by atoms with E-state index in [1.165, 1.54) is 0 Å². The number of halogens is 3. The summed E-state index contributed by atoms with van der Waals surface area (Å²) in [5.74, 6) is 0. The average Bonchev–Trinajstić information content (AvgIpc) is 2.01. The lowest BCUT2D eigenvalue weighted by Crippen LogP contribution is -2.59. The van der Waals surface area contributed by atoms with E-state index in [0.29, 0.717) is 6.42 Å². The van der Waals surface area contributed by atoms with Gasteiger partial charge in [-0.3, -0.25) is 0 Å². The van der Waals surface area contributed by atoms with Gasteiger partial charge >= 0.3 is 6.18 Å². The van der Waals surface area contributed by atoms with Gasteiger partial charge in [-0.2, -0.15) is 13.2 Å². The van der Waals surface area contributed by atoms with Gasteiger partial charge in [0.1, 0.15) is 0 Å². The summed E-state index contributed by atoms with van der Waals surface area (Å²) in [6, 6.07) is 0.0402. The number of hydrogen-bond acceptors (Lipinski definition) is 2. The van der Waals surface area contributed by atoms with Crippen LogP contribution in [0.5, 0.6) is 0 Å². The molecule has 0 aromatic rings. The van der Waals surface area contributed by atoms with Gasteiger partial charge in [0.2, 0.25) is 0 Å². The summed E-state index contributed by atoms with van der Waals surface area (Å²) in [6.07, 6.45) is -4.48. The van der Waals surface area contributed by atoms with E-state index in [0.717, 1.165) is 0 Å². The lowest BCUT2D eigenvalue weighted by molar-refractivity contribution is -0.168. The van der Waals surface area contributed by atoms with Crippen molar-refractivity contribution in [2.24, 2.45) is 11.1 Å². The number of ether oxygens (including phenoxy) is 1. The minimum absolute atomic E-state index is 0.0402. The molecule has 2 nitrogen and oxygen atoms in total. The van der Waals surface area contributed by atoms with Crippen LogP contribution in [0.25, 0.3) is 0 Å². The molecule has 5 heteroatoms. The van der Waals surface area contributed by atoms with E-state index in [-0.39, 0.29) is 24.2 Å². The lowest BCUT2D eigenvalue weighted by atomic mass is 9.65. The quantitative estimate of drug-likeness (QED) is 0.775. The molecule has 0 aliphatic heterocycles. The van der Waals surface area contributed by atoms with Crippen LogP contribution in [0, 0.1) is 5.41 Å². The van der Waals surface area contributed by atoms with Crippen LogP contribution in [0.15, 0.2) is 0 Å². The predicted molar refractivity (Wildman–Crippen MR) is 46.8 cm³/mol. The molecule has 0 spiro atoms. The zero-order chi connectivity index (χ0) is 11.0. The van der Waals surface area contributed by atoms with E-state index >= 15 is 0 Å². The van der Waals surface area contributed by atoms with Crippen LogP contribution in [0.4, 0.5) is 13.2 Å². The number of nitrogens with two attached hydrogens (primary N) is 1. The summed E-state index contributed by atoms with van der Waals surface area (Å²) in [6.45, 7) is 3.57. The van der Waals surface area contributed by atoms with Crippen LogP contribution >= 0.6 is 0 Å². The normalized spacial score (nSPS) is 31.3. The van der Waals surface area contributed by atoms with Crippen molar-refractivity contribution < 1.29 is 17.9 Å². The Labute approximate surface area is 81.6 Å². The molecule has 0 aromatic carbocycles.